The molecule has 2 N–H and O–H groups in total. The summed E-state index contributed by atoms with van der Waals surface area (Å²) in [5.41, 5.74) is 7.43. The second kappa shape index (κ2) is 5.68. The highest BCUT2D eigenvalue weighted by molar-refractivity contribution is 6.00. The number of hydrogen-bond acceptors (Lipinski definition) is 4. The molecular weight excluding hydrogens is 280 g/mol. The molecule has 6 nitrogen and oxygen atoms in total. The lowest BCUT2D eigenvalue weighted by molar-refractivity contribution is -0.123. The van der Waals surface area contributed by atoms with Crippen LogP contribution in [-0.4, -0.2) is 31.4 Å². The smallest absolute Gasteiger partial charge is 0.227 e. The summed E-state index contributed by atoms with van der Waals surface area (Å²) in [6.07, 6.45) is 2.42. The van der Waals surface area contributed by atoms with Crippen molar-refractivity contribution in [3.63, 3.8) is 0 Å². The molecule has 1 aromatic rings. The molecule has 0 saturated carbocycles. The van der Waals surface area contributed by atoms with E-state index in [1.807, 2.05) is 12.1 Å². The van der Waals surface area contributed by atoms with E-state index in [0.29, 0.717) is 17.8 Å². The molecule has 2 aliphatic heterocycles. The lowest BCUT2D eigenvalue weighted by Crippen LogP contribution is -2.28. The Bertz CT molecular complexity index is 659. The zero-order valence-corrected chi connectivity index (χ0v) is 12.3. The molecular formula is C16H18N4O2. The zero-order valence-electron chi connectivity index (χ0n) is 12.3. The van der Waals surface area contributed by atoms with Gasteiger partial charge in [0.2, 0.25) is 11.8 Å². The number of primary amides is 1. The summed E-state index contributed by atoms with van der Waals surface area (Å²) in [5.74, 6) is -1.03. The van der Waals surface area contributed by atoms with Crippen LogP contribution >= 0.6 is 0 Å². The third-order valence-electron chi connectivity index (χ3n) is 4.39. The maximum absolute atomic E-state index is 12.1. The van der Waals surface area contributed by atoms with Crippen molar-refractivity contribution in [2.24, 2.45) is 11.7 Å². The first kappa shape index (κ1) is 14.4. The van der Waals surface area contributed by atoms with E-state index in [9.17, 15) is 14.9 Å². The topological polar surface area (TPSA) is 90.4 Å². The number of carbonyl (C=O) groups is 2. The van der Waals surface area contributed by atoms with Crippen molar-refractivity contribution in [2.45, 2.75) is 19.3 Å². The maximum atomic E-state index is 12.1. The van der Waals surface area contributed by atoms with E-state index < -0.39 is 11.8 Å². The van der Waals surface area contributed by atoms with Crippen LogP contribution in [0.2, 0.25) is 0 Å². The lowest BCUT2D eigenvalue weighted by Gasteiger charge is -2.22. The van der Waals surface area contributed by atoms with Crippen LogP contribution in [0.3, 0.4) is 0 Å². The molecule has 1 unspecified atom stereocenters. The third kappa shape index (κ3) is 2.50. The number of nitrogens with two attached hydrogens (primary N) is 1. The highest BCUT2D eigenvalue weighted by atomic mass is 16.2. The summed E-state index contributed by atoms with van der Waals surface area (Å²) < 4.78 is 0. The summed E-state index contributed by atoms with van der Waals surface area (Å²) in [4.78, 5) is 27.1. The largest absolute Gasteiger partial charge is 0.370 e. The monoisotopic (exact) mass is 298 g/mol. The first-order valence-corrected chi connectivity index (χ1v) is 7.49. The number of hydrogen-bond donors (Lipinski definition) is 1. The third-order valence-corrected chi connectivity index (χ3v) is 4.39. The second-order valence-electron chi connectivity index (χ2n) is 5.82. The Morgan fingerprint density at radius 1 is 1.32 bits per heavy atom. The molecule has 3 rings (SSSR count). The van der Waals surface area contributed by atoms with Gasteiger partial charge in [-0.05, 0) is 31.0 Å². The van der Waals surface area contributed by atoms with E-state index in [1.54, 1.807) is 11.0 Å². The van der Waals surface area contributed by atoms with Gasteiger partial charge in [-0.1, -0.05) is 0 Å². The van der Waals surface area contributed by atoms with Crippen LogP contribution < -0.4 is 15.5 Å². The molecule has 0 aliphatic carbocycles. The van der Waals surface area contributed by atoms with Crippen LogP contribution in [0, 0.1) is 17.2 Å². The van der Waals surface area contributed by atoms with Gasteiger partial charge >= 0.3 is 0 Å². The van der Waals surface area contributed by atoms with Gasteiger partial charge in [-0.3, -0.25) is 9.59 Å². The van der Waals surface area contributed by atoms with Crippen LogP contribution in [0.15, 0.2) is 18.2 Å². The van der Waals surface area contributed by atoms with Crippen LogP contribution in [0.25, 0.3) is 0 Å². The normalized spacial score (nSPS) is 21.2. The first-order chi connectivity index (χ1) is 10.6. The van der Waals surface area contributed by atoms with E-state index >= 15 is 0 Å². The maximum Gasteiger partial charge on any atom is 0.227 e. The SMILES string of the molecule is N#Cc1cc(N2CC(C(N)=O)CC2=O)ccc1N1CCCC1. The van der Waals surface area contributed by atoms with Gasteiger partial charge in [0.15, 0.2) is 0 Å². The van der Waals surface area contributed by atoms with E-state index in [0.717, 1.165) is 31.6 Å². The molecule has 0 aromatic heterocycles. The van der Waals surface area contributed by atoms with Gasteiger partial charge in [0.05, 0.1) is 17.2 Å². The average molecular weight is 298 g/mol. The molecule has 0 spiro atoms. The minimum absolute atomic E-state index is 0.124. The minimum atomic E-state index is -0.454. The van der Waals surface area contributed by atoms with Crippen molar-refractivity contribution in [1.82, 2.24) is 0 Å². The van der Waals surface area contributed by atoms with Gasteiger partial charge in [0.25, 0.3) is 0 Å². The first-order valence-electron chi connectivity index (χ1n) is 7.49. The van der Waals surface area contributed by atoms with Gasteiger partial charge in [-0.2, -0.15) is 5.26 Å². The molecule has 2 heterocycles. The average Bonchev–Trinajstić information content (AvgIpc) is 3.16. The fraction of sp³-hybridized carbons (Fsp3) is 0.438. The predicted molar refractivity (Wildman–Crippen MR) is 82.3 cm³/mol. The molecule has 2 aliphatic rings. The number of amides is 2. The number of nitrogens with zero attached hydrogens (tertiary/aromatic N) is 3. The van der Waals surface area contributed by atoms with Crippen molar-refractivity contribution in [3.05, 3.63) is 23.8 Å². The molecule has 1 atom stereocenters. The Balaban J connectivity index is 1.88. The van der Waals surface area contributed by atoms with Gasteiger partial charge in [0.1, 0.15) is 6.07 Å². The highest BCUT2D eigenvalue weighted by Crippen LogP contribution is 2.31. The van der Waals surface area contributed by atoms with Gasteiger partial charge in [-0.15, -0.1) is 0 Å². The molecule has 1 aromatic carbocycles. The van der Waals surface area contributed by atoms with Crippen molar-refractivity contribution in [1.29, 1.82) is 5.26 Å². The fourth-order valence-electron chi connectivity index (χ4n) is 3.16. The van der Waals surface area contributed by atoms with Crippen LogP contribution in [0.5, 0.6) is 0 Å². The van der Waals surface area contributed by atoms with E-state index in [4.69, 9.17) is 5.73 Å². The Morgan fingerprint density at radius 2 is 2.05 bits per heavy atom. The van der Waals surface area contributed by atoms with Gasteiger partial charge < -0.3 is 15.5 Å². The summed E-state index contributed by atoms with van der Waals surface area (Å²) in [6.45, 7) is 2.21. The number of rotatable bonds is 3. The van der Waals surface area contributed by atoms with Gasteiger partial charge in [0, 0.05) is 31.7 Å². The molecule has 22 heavy (non-hydrogen) atoms. The fourth-order valence-corrected chi connectivity index (χ4v) is 3.16. The van der Waals surface area contributed by atoms with Gasteiger partial charge in [-0.25, -0.2) is 0 Å². The molecule has 6 heteroatoms. The lowest BCUT2D eigenvalue weighted by atomic mass is 10.1. The molecule has 114 valence electrons. The number of anilines is 2. The molecule has 0 bridgehead atoms. The molecule has 2 fully saturated rings. The zero-order chi connectivity index (χ0) is 15.7. The minimum Gasteiger partial charge on any atom is -0.370 e. The molecule has 2 amide bonds. The van der Waals surface area contributed by atoms with Crippen LogP contribution in [0.4, 0.5) is 11.4 Å². The number of benzene rings is 1. The van der Waals surface area contributed by atoms with Crippen molar-refractivity contribution in [2.75, 3.05) is 29.4 Å². The van der Waals surface area contributed by atoms with E-state index in [2.05, 4.69) is 11.0 Å². The summed E-state index contributed by atoms with van der Waals surface area (Å²) >= 11 is 0. The number of nitriles is 1. The number of carbonyl (C=O) groups excluding carboxylic acids is 2. The van der Waals surface area contributed by atoms with Crippen molar-refractivity contribution >= 4 is 23.2 Å². The van der Waals surface area contributed by atoms with Crippen molar-refractivity contribution in [3.8, 4) is 6.07 Å². The van der Waals surface area contributed by atoms with E-state index in [-0.39, 0.29) is 12.3 Å². The van der Waals surface area contributed by atoms with Crippen molar-refractivity contribution < 1.29 is 9.59 Å². The highest BCUT2D eigenvalue weighted by Gasteiger charge is 2.34. The van der Waals surface area contributed by atoms with Crippen LogP contribution in [0.1, 0.15) is 24.8 Å². The predicted octanol–water partition coefficient (Wildman–Crippen LogP) is 0.997. The summed E-state index contributed by atoms with van der Waals surface area (Å²) in [7, 11) is 0. The molecule has 0 radical (unpaired) electrons. The summed E-state index contributed by atoms with van der Waals surface area (Å²) in [5, 5.41) is 9.40. The quantitative estimate of drug-likeness (QED) is 0.901. The summed E-state index contributed by atoms with van der Waals surface area (Å²) in [6, 6.07) is 7.68. The Labute approximate surface area is 129 Å². The Hall–Kier alpha value is -2.55. The Morgan fingerprint density at radius 3 is 2.64 bits per heavy atom. The molecule has 2 saturated heterocycles. The van der Waals surface area contributed by atoms with Crippen LogP contribution in [-0.2, 0) is 9.59 Å². The van der Waals surface area contributed by atoms with E-state index in [1.165, 1.54) is 0 Å². The second-order valence-corrected chi connectivity index (χ2v) is 5.82. The standard InChI is InChI=1S/C16H18N4O2/c17-9-11-7-13(3-4-14(11)19-5-1-2-6-19)20-10-12(16(18)22)8-15(20)21/h3-4,7,12H,1-2,5-6,8,10H2,(H2,18,22). The Kier molecular flexibility index (Phi) is 3.72.